The molecule has 0 N–H and O–H groups in total. The molecule has 0 aliphatic rings. The molecule has 19 heavy (non-hydrogen) atoms. The fourth-order valence-corrected chi connectivity index (χ4v) is 1.64. The summed E-state index contributed by atoms with van der Waals surface area (Å²) in [6.45, 7) is 5.78. The van der Waals surface area contributed by atoms with Crippen LogP contribution in [0.5, 0.6) is 11.8 Å². The van der Waals surface area contributed by atoms with Crippen molar-refractivity contribution < 1.29 is 22.1 Å². The number of hydrogen-bond donors (Lipinski definition) is 0. The Balaban J connectivity index is 2.86. The standard InChI is InChI=1S/C11H18N2O5S/c1-4-16-10-7-11(17-5-2)13-9(12-10)8-18-19(14,15)6-3/h7H,4-6,8H2,1-3H3. The van der Waals surface area contributed by atoms with Gasteiger partial charge in [0.2, 0.25) is 11.8 Å². The molecule has 0 aliphatic carbocycles. The first-order valence-electron chi connectivity index (χ1n) is 6.01. The zero-order valence-corrected chi connectivity index (χ0v) is 12.1. The van der Waals surface area contributed by atoms with Crippen molar-refractivity contribution in [2.45, 2.75) is 27.4 Å². The molecule has 0 spiro atoms. The molecule has 0 aromatic carbocycles. The van der Waals surface area contributed by atoms with Crippen molar-refractivity contribution in [1.82, 2.24) is 9.97 Å². The van der Waals surface area contributed by atoms with Gasteiger partial charge in [-0.15, -0.1) is 0 Å². The van der Waals surface area contributed by atoms with E-state index < -0.39 is 10.1 Å². The van der Waals surface area contributed by atoms with Gasteiger partial charge in [0.1, 0.15) is 6.61 Å². The molecule has 1 rings (SSSR count). The SMILES string of the molecule is CCOc1cc(OCC)nc(COS(=O)(=O)CC)n1. The van der Waals surface area contributed by atoms with Gasteiger partial charge in [-0.3, -0.25) is 4.18 Å². The molecule has 0 bridgehead atoms. The van der Waals surface area contributed by atoms with Crippen LogP contribution in [0.4, 0.5) is 0 Å². The van der Waals surface area contributed by atoms with Gasteiger partial charge >= 0.3 is 0 Å². The van der Waals surface area contributed by atoms with E-state index in [2.05, 4.69) is 9.97 Å². The number of hydrogen-bond acceptors (Lipinski definition) is 7. The lowest BCUT2D eigenvalue weighted by Crippen LogP contribution is -2.11. The molecular weight excluding hydrogens is 272 g/mol. The van der Waals surface area contributed by atoms with Crippen LogP contribution in [0.1, 0.15) is 26.6 Å². The predicted molar refractivity (Wildman–Crippen MR) is 68.6 cm³/mol. The molecule has 0 saturated carbocycles. The minimum atomic E-state index is -3.53. The van der Waals surface area contributed by atoms with Crippen molar-refractivity contribution in [2.24, 2.45) is 0 Å². The van der Waals surface area contributed by atoms with Gasteiger partial charge in [-0.2, -0.15) is 18.4 Å². The number of rotatable bonds is 8. The number of nitrogens with zero attached hydrogens (tertiary/aromatic N) is 2. The molecule has 7 nitrogen and oxygen atoms in total. The van der Waals surface area contributed by atoms with Crippen LogP contribution in [0.25, 0.3) is 0 Å². The fraction of sp³-hybridized carbons (Fsp3) is 0.636. The molecule has 1 aromatic heterocycles. The van der Waals surface area contributed by atoms with Crippen LogP contribution >= 0.6 is 0 Å². The Hall–Kier alpha value is -1.41. The van der Waals surface area contributed by atoms with Crippen LogP contribution in [0, 0.1) is 0 Å². The molecule has 0 atom stereocenters. The van der Waals surface area contributed by atoms with E-state index in [0.717, 1.165) is 0 Å². The van der Waals surface area contributed by atoms with E-state index >= 15 is 0 Å². The first-order valence-corrected chi connectivity index (χ1v) is 7.59. The summed E-state index contributed by atoms with van der Waals surface area (Å²) in [6, 6.07) is 1.55. The molecule has 108 valence electrons. The lowest BCUT2D eigenvalue weighted by Gasteiger charge is -2.08. The van der Waals surface area contributed by atoms with Gasteiger partial charge in [-0.1, -0.05) is 0 Å². The zero-order chi connectivity index (χ0) is 14.3. The molecule has 0 radical (unpaired) electrons. The number of ether oxygens (including phenoxy) is 2. The van der Waals surface area contributed by atoms with E-state index in [9.17, 15) is 8.42 Å². The van der Waals surface area contributed by atoms with Crippen molar-refractivity contribution in [2.75, 3.05) is 19.0 Å². The van der Waals surface area contributed by atoms with Gasteiger partial charge in [0.05, 0.1) is 25.0 Å². The smallest absolute Gasteiger partial charge is 0.267 e. The van der Waals surface area contributed by atoms with E-state index in [4.69, 9.17) is 13.7 Å². The Morgan fingerprint density at radius 2 is 1.58 bits per heavy atom. The summed E-state index contributed by atoms with van der Waals surface area (Å²) in [5.41, 5.74) is 0. The average molecular weight is 290 g/mol. The third-order valence-electron chi connectivity index (χ3n) is 2.03. The van der Waals surface area contributed by atoms with Gasteiger partial charge < -0.3 is 9.47 Å². The summed E-state index contributed by atoms with van der Waals surface area (Å²) in [5.74, 6) is 0.754. The second-order valence-electron chi connectivity index (χ2n) is 3.44. The van der Waals surface area contributed by atoms with Crippen molar-refractivity contribution in [3.63, 3.8) is 0 Å². The van der Waals surface area contributed by atoms with E-state index in [-0.39, 0.29) is 18.2 Å². The summed E-state index contributed by atoms with van der Waals surface area (Å²) in [5, 5.41) is 0. The quantitative estimate of drug-likeness (QED) is 0.663. The second kappa shape index (κ2) is 7.25. The van der Waals surface area contributed by atoms with E-state index in [1.54, 1.807) is 6.07 Å². The van der Waals surface area contributed by atoms with Crippen LogP contribution in [-0.2, 0) is 20.9 Å². The van der Waals surface area contributed by atoms with Crippen molar-refractivity contribution in [3.05, 3.63) is 11.9 Å². The van der Waals surface area contributed by atoms with Gasteiger partial charge in [-0.05, 0) is 20.8 Å². The van der Waals surface area contributed by atoms with E-state index in [0.29, 0.717) is 25.0 Å². The third-order valence-corrected chi connectivity index (χ3v) is 3.22. The lowest BCUT2D eigenvalue weighted by atomic mass is 10.5. The summed E-state index contributed by atoms with van der Waals surface area (Å²) >= 11 is 0. The second-order valence-corrected chi connectivity index (χ2v) is 5.36. The Morgan fingerprint density at radius 3 is 2.00 bits per heavy atom. The highest BCUT2D eigenvalue weighted by molar-refractivity contribution is 7.86. The average Bonchev–Trinajstić information content (AvgIpc) is 2.37. The highest BCUT2D eigenvalue weighted by atomic mass is 32.2. The molecule has 0 saturated heterocycles. The molecule has 8 heteroatoms. The van der Waals surface area contributed by atoms with Crippen LogP contribution in [-0.4, -0.2) is 37.4 Å². The summed E-state index contributed by atoms with van der Waals surface area (Å²) < 4.78 is 37.8. The van der Waals surface area contributed by atoms with Gasteiger partial charge in [0.25, 0.3) is 10.1 Å². The first-order chi connectivity index (χ1) is 9.00. The van der Waals surface area contributed by atoms with Crippen molar-refractivity contribution in [1.29, 1.82) is 0 Å². The minimum Gasteiger partial charge on any atom is -0.478 e. The Kier molecular flexibility index (Phi) is 5.97. The fourth-order valence-electron chi connectivity index (χ4n) is 1.18. The normalized spacial score (nSPS) is 11.3. The molecule has 0 amide bonds. The van der Waals surface area contributed by atoms with E-state index in [1.165, 1.54) is 6.92 Å². The van der Waals surface area contributed by atoms with Gasteiger partial charge in [0, 0.05) is 0 Å². The zero-order valence-electron chi connectivity index (χ0n) is 11.2. The molecule has 0 aliphatic heterocycles. The summed E-state index contributed by atoms with van der Waals surface area (Å²) in [6.07, 6.45) is 0. The maximum Gasteiger partial charge on any atom is 0.267 e. The van der Waals surface area contributed by atoms with Gasteiger partial charge in [-0.25, -0.2) is 0 Å². The van der Waals surface area contributed by atoms with Crippen LogP contribution in [0.3, 0.4) is 0 Å². The topological polar surface area (TPSA) is 87.6 Å². The molecular formula is C11H18N2O5S. The van der Waals surface area contributed by atoms with Gasteiger partial charge in [0.15, 0.2) is 5.82 Å². The third kappa shape index (κ3) is 5.39. The summed E-state index contributed by atoms with van der Waals surface area (Å²) in [7, 11) is -3.53. The highest BCUT2D eigenvalue weighted by Crippen LogP contribution is 2.16. The minimum absolute atomic E-state index is 0.101. The van der Waals surface area contributed by atoms with Crippen molar-refractivity contribution in [3.8, 4) is 11.8 Å². The lowest BCUT2D eigenvalue weighted by molar-refractivity contribution is 0.276. The monoisotopic (exact) mass is 290 g/mol. The molecule has 1 aromatic rings. The van der Waals surface area contributed by atoms with Crippen molar-refractivity contribution >= 4 is 10.1 Å². The maximum absolute atomic E-state index is 11.3. The Morgan fingerprint density at radius 1 is 1.05 bits per heavy atom. The molecule has 0 unspecified atom stereocenters. The van der Waals surface area contributed by atoms with Crippen LogP contribution in [0.2, 0.25) is 0 Å². The first kappa shape index (κ1) is 15.6. The largest absolute Gasteiger partial charge is 0.478 e. The highest BCUT2D eigenvalue weighted by Gasteiger charge is 2.12. The Bertz CT molecular complexity index is 480. The van der Waals surface area contributed by atoms with Crippen LogP contribution in [0.15, 0.2) is 6.07 Å². The maximum atomic E-state index is 11.3. The summed E-state index contributed by atoms with van der Waals surface area (Å²) in [4.78, 5) is 8.08. The van der Waals surface area contributed by atoms with E-state index in [1.807, 2.05) is 13.8 Å². The predicted octanol–water partition coefficient (Wildman–Crippen LogP) is 1.14. The Labute approximate surface area is 113 Å². The number of aromatic nitrogens is 2. The molecule has 0 fully saturated rings. The molecule has 1 heterocycles. The van der Waals surface area contributed by atoms with Crippen LogP contribution < -0.4 is 9.47 Å².